The van der Waals surface area contributed by atoms with Crippen molar-refractivity contribution in [3.63, 3.8) is 0 Å². The van der Waals surface area contributed by atoms with E-state index < -0.39 is 54.0 Å². The van der Waals surface area contributed by atoms with E-state index in [1.807, 2.05) is 54.6 Å². The van der Waals surface area contributed by atoms with Gasteiger partial charge in [0.05, 0.1) is 19.8 Å². The average molecular weight is 718 g/mol. The zero-order chi connectivity index (χ0) is 36.9. The topological polar surface area (TPSA) is 188 Å². The number of ether oxygens (including phenoxy) is 3. The van der Waals surface area contributed by atoms with E-state index in [2.05, 4.69) is 26.2 Å². The minimum absolute atomic E-state index is 0.0830. The summed E-state index contributed by atoms with van der Waals surface area (Å²) in [6.07, 6.45) is 0.702. The van der Waals surface area contributed by atoms with Gasteiger partial charge in [0.1, 0.15) is 48.6 Å². The summed E-state index contributed by atoms with van der Waals surface area (Å²) in [5, 5.41) is 29.9. The first-order valence-corrected chi connectivity index (χ1v) is 17.5. The quantitative estimate of drug-likeness (QED) is 0.181. The normalized spacial score (nSPS) is 21.9. The number of benzene rings is 3. The number of carbonyl (C=O) groups excluding carboxylic acids is 4. The Labute approximate surface area is 302 Å². The van der Waals surface area contributed by atoms with Gasteiger partial charge in [0.2, 0.25) is 17.7 Å². The van der Waals surface area contributed by atoms with E-state index in [0.29, 0.717) is 49.7 Å². The van der Waals surface area contributed by atoms with Crippen molar-refractivity contribution in [1.82, 2.24) is 26.2 Å². The van der Waals surface area contributed by atoms with E-state index in [-0.39, 0.29) is 32.8 Å². The van der Waals surface area contributed by atoms with E-state index in [9.17, 15) is 24.3 Å². The molecule has 1 saturated heterocycles. The Balaban J connectivity index is 1.41. The Kier molecular flexibility index (Phi) is 13.4. The lowest BCUT2D eigenvalue weighted by Crippen LogP contribution is -2.62. The average Bonchev–Trinajstić information content (AvgIpc) is 3.15. The highest BCUT2D eigenvalue weighted by atomic mass is 16.5. The number of piperidine rings is 1. The number of fused-ring (bicyclic) bond motifs is 15. The molecule has 0 saturated carbocycles. The van der Waals surface area contributed by atoms with Gasteiger partial charge in [-0.3, -0.25) is 24.1 Å². The molecule has 278 valence electrons. The third-order valence-electron chi connectivity index (χ3n) is 9.02. The van der Waals surface area contributed by atoms with Gasteiger partial charge in [-0.2, -0.15) is 0 Å². The third-order valence-corrected chi connectivity index (χ3v) is 9.02. The van der Waals surface area contributed by atoms with Crippen molar-refractivity contribution in [1.29, 1.82) is 0 Å². The lowest BCUT2D eigenvalue weighted by atomic mass is 9.88. The number of likely N-dealkylation sites (tertiary alicyclic amines) is 1. The molecular weight excluding hydrogens is 670 g/mol. The van der Waals surface area contributed by atoms with Crippen molar-refractivity contribution >= 4 is 23.6 Å². The molecule has 2 bridgehead atoms. The Morgan fingerprint density at radius 2 is 1.50 bits per heavy atom. The van der Waals surface area contributed by atoms with Crippen LogP contribution in [-0.2, 0) is 32.1 Å². The zero-order valence-electron chi connectivity index (χ0n) is 29.2. The predicted octanol–water partition coefficient (Wildman–Crippen LogP) is 0.689. The summed E-state index contributed by atoms with van der Waals surface area (Å²) < 4.78 is 17.9. The number of aliphatic hydroxyl groups excluding tert-OH is 2. The van der Waals surface area contributed by atoms with E-state index in [4.69, 9.17) is 19.3 Å². The summed E-state index contributed by atoms with van der Waals surface area (Å²) in [5.74, 6) is -0.782. The lowest BCUT2D eigenvalue weighted by molar-refractivity contribution is -0.144. The molecule has 0 aromatic heterocycles. The maximum absolute atomic E-state index is 14.5. The van der Waals surface area contributed by atoms with Gasteiger partial charge in [-0.05, 0) is 54.4 Å². The molecule has 3 heterocycles. The summed E-state index contributed by atoms with van der Waals surface area (Å²) in [6.45, 7) is 2.80. The number of carbonyl (C=O) groups is 4. The molecule has 3 aromatic rings. The fraction of sp³-hybridized carbons (Fsp3) is 0.421. The fourth-order valence-corrected chi connectivity index (χ4v) is 6.12. The number of hydrogen-bond acceptors (Lipinski definition) is 10. The minimum Gasteiger partial charge on any atom is -0.492 e. The van der Waals surface area contributed by atoms with Crippen LogP contribution in [0.4, 0.5) is 0 Å². The molecule has 1 spiro atoms. The summed E-state index contributed by atoms with van der Waals surface area (Å²) in [5.41, 5.74) is 0.423. The van der Waals surface area contributed by atoms with Crippen LogP contribution in [-0.4, -0.2) is 109 Å². The molecule has 3 aliphatic heterocycles. The van der Waals surface area contributed by atoms with Crippen molar-refractivity contribution in [2.75, 3.05) is 46.1 Å². The Hall–Kier alpha value is -5.18. The third kappa shape index (κ3) is 10.4. The number of nitrogens with one attached hydrogen (secondary N) is 4. The van der Waals surface area contributed by atoms with Crippen LogP contribution in [0, 0.1) is 0 Å². The Morgan fingerprint density at radius 3 is 2.21 bits per heavy atom. The summed E-state index contributed by atoms with van der Waals surface area (Å²) in [4.78, 5) is 56.2. The summed E-state index contributed by atoms with van der Waals surface area (Å²) in [6, 6.07) is 20.1. The highest BCUT2D eigenvalue weighted by molar-refractivity contribution is 5.95. The van der Waals surface area contributed by atoms with Gasteiger partial charge in [0, 0.05) is 38.9 Å². The first-order valence-electron chi connectivity index (χ1n) is 17.5. The second-order valence-electron chi connectivity index (χ2n) is 12.9. The van der Waals surface area contributed by atoms with Crippen LogP contribution < -0.4 is 35.5 Å². The molecule has 3 aromatic carbocycles. The first kappa shape index (κ1) is 38.1. The molecule has 0 aliphatic carbocycles. The molecule has 52 heavy (non-hydrogen) atoms. The highest BCUT2D eigenvalue weighted by Gasteiger charge is 2.45. The molecular formula is C38H47N5O9. The number of nitrogens with zero attached hydrogens (tertiary/aromatic N) is 1. The van der Waals surface area contributed by atoms with Gasteiger partial charge in [-0.1, -0.05) is 42.5 Å². The van der Waals surface area contributed by atoms with Crippen LogP contribution in [0.5, 0.6) is 17.2 Å². The monoisotopic (exact) mass is 717 g/mol. The first-order chi connectivity index (χ1) is 25.2. The SMILES string of the molecule is C[C@@H]1NC(=O)[C@H](CO)NC(=O)[C@@H](Cc2ccccc2)NC(=O)C2(CCN(Cc3cccc(OCCO)c3)CC2)Oc2ccc(cc2)OCCNC1=O. The van der Waals surface area contributed by atoms with Gasteiger partial charge in [0.15, 0.2) is 5.60 Å². The largest absolute Gasteiger partial charge is 0.492 e. The van der Waals surface area contributed by atoms with Gasteiger partial charge in [0.25, 0.3) is 5.91 Å². The smallest absolute Gasteiger partial charge is 0.264 e. The maximum atomic E-state index is 14.5. The molecule has 14 heteroatoms. The number of hydrogen-bond donors (Lipinski definition) is 6. The Morgan fingerprint density at radius 1 is 0.808 bits per heavy atom. The van der Waals surface area contributed by atoms with Crippen LogP contribution in [0.3, 0.4) is 0 Å². The van der Waals surface area contributed by atoms with Crippen LogP contribution in [0.15, 0.2) is 78.9 Å². The van der Waals surface area contributed by atoms with Crippen molar-refractivity contribution in [2.45, 2.75) is 56.5 Å². The predicted molar refractivity (Wildman–Crippen MR) is 191 cm³/mol. The Bertz CT molecular complexity index is 1650. The molecule has 3 aliphatic rings. The molecule has 6 N–H and O–H groups in total. The van der Waals surface area contributed by atoms with Crippen LogP contribution in [0.2, 0.25) is 0 Å². The minimum atomic E-state index is -1.38. The van der Waals surface area contributed by atoms with Gasteiger partial charge < -0.3 is 45.7 Å². The van der Waals surface area contributed by atoms with Gasteiger partial charge in [-0.15, -0.1) is 0 Å². The van der Waals surface area contributed by atoms with E-state index in [1.54, 1.807) is 24.3 Å². The van der Waals surface area contributed by atoms with Crippen molar-refractivity contribution in [3.8, 4) is 17.2 Å². The molecule has 3 atom stereocenters. The molecule has 0 radical (unpaired) electrons. The fourth-order valence-electron chi connectivity index (χ4n) is 6.12. The second-order valence-corrected chi connectivity index (χ2v) is 12.9. The summed E-state index contributed by atoms with van der Waals surface area (Å²) in [7, 11) is 0. The lowest BCUT2D eigenvalue weighted by Gasteiger charge is -2.41. The van der Waals surface area contributed by atoms with Crippen LogP contribution >= 0.6 is 0 Å². The number of amides is 4. The zero-order valence-corrected chi connectivity index (χ0v) is 29.2. The maximum Gasteiger partial charge on any atom is 0.264 e. The second kappa shape index (κ2) is 18.4. The standard InChI is InChI=1S/C38H47N5O9/c1-26-34(46)39-16-20-50-29-10-12-30(13-11-29)52-38(14-17-43(18-15-38)24-28-8-5-9-31(22-28)51-21-19-44)37(49)42-32(23-27-6-3-2-4-7-27)35(47)41-33(25-45)36(48)40-26/h2-13,22,26,32-33,44-45H,14-21,23-25H2,1H3,(H,39,46)(H,40,48)(H,41,47)(H,42,49)/t26-,32+,33-/m0/s1. The van der Waals surface area contributed by atoms with E-state index >= 15 is 0 Å². The highest BCUT2D eigenvalue weighted by Crippen LogP contribution is 2.32. The summed E-state index contributed by atoms with van der Waals surface area (Å²) >= 11 is 0. The van der Waals surface area contributed by atoms with Crippen LogP contribution in [0.25, 0.3) is 0 Å². The van der Waals surface area contributed by atoms with E-state index in [0.717, 1.165) is 11.1 Å². The molecule has 4 amide bonds. The van der Waals surface area contributed by atoms with Crippen molar-refractivity contribution in [3.05, 3.63) is 90.0 Å². The molecule has 1 fully saturated rings. The van der Waals surface area contributed by atoms with Crippen molar-refractivity contribution in [2.24, 2.45) is 0 Å². The molecule has 0 unspecified atom stereocenters. The van der Waals surface area contributed by atoms with Gasteiger partial charge >= 0.3 is 0 Å². The molecule has 14 nitrogen and oxygen atoms in total. The van der Waals surface area contributed by atoms with Crippen molar-refractivity contribution < 1.29 is 43.6 Å². The van der Waals surface area contributed by atoms with Gasteiger partial charge in [-0.25, -0.2) is 0 Å². The number of rotatable bonds is 8. The van der Waals surface area contributed by atoms with Crippen LogP contribution in [0.1, 0.15) is 30.9 Å². The molecule has 6 rings (SSSR count). The number of aliphatic hydroxyl groups is 2. The van der Waals surface area contributed by atoms with E-state index in [1.165, 1.54) is 6.92 Å².